The van der Waals surface area contributed by atoms with Gasteiger partial charge < -0.3 is 44.3 Å². The van der Waals surface area contributed by atoms with Crippen LogP contribution in [0.3, 0.4) is 0 Å². The number of aliphatic hydroxyl groups excluding tert-OH is 1. The number of hydrogen-bond acceptors (Lipinski definition) is 16. The van der Waals surface area contributed by atoms with Crippen molar-refractivity contribution in [3.63, 3.8) is 0 Å². The van der Waals surface area contributed by atoms with Crippen molar-refractivity contribution in [2.75, 3.05) is 33.0 Å². The second-order valence-corrected chi connectivity index (χ2v) is 16.6. The molecule has 326 valence electrons. The highest BCUT2D eigenvalue weighted by Crippen LogP contribution is 2.41. The number of likely N-dealkylation sites (N-methyl/N-ethyl adjacent to an activating group) is 1. The molecule has 3 saturated heterocycles. The molecule has 59 heavy (non-hydrogen) atoms. The molecular weight excluding hydrogens is 766 g/mol. The summed E-state index contributed by atoms with van der Waals surface area (Å²) in [4.78, 5) is 74.7. The molecule has 3 fully saturated rings. The van der Waals surface area contributed by atoms with E-state index in [0.29, 0.717) is 49.4 Å². The van der Waals surface area contributed by atoms with Crippen LogP contribution in [-0.4, -0.2) is 140 Å². The van der Waals surface area contributed by atoms with Crippen molar-refractivity contribution in [2.45, 2.75) is 141 Å². The summed E-state index contributed by atoms with van der Waals surface area (Å²) in [5.41, 5.74) is 5.61. The molecule has 2 aromatic rings. The number of esters is 2. The largest absolute Gasteiger partial charge is 0.463 e. The van der Waals surface area contributed by atoms with Crippen molar-refractivity contribution in [1.82, 2.24) is 29.8 Å². The first-order valence-corrected chi connectivity index (χ1v) is 20.6. The molecule has 0 spiro atoms. The van der Waals surface area contributed by atoms with Gasteiger partial charge in [0.15, 0.2) is 11.9 Å². The number of hydrogen-bond donors (Lipinski definition) is 2. The fourth-order valence-electron chi connectivity index (χ4n) is 8.61. The molecule has 11 atom stereocenters. The van der Waals surface area contributed by atoms with Gasteiger partial charge in [0.05, 0.1) is 30.1 Å². The van der Waals surface area contributed by atoms with E-state index in [0.717, 1.165) is 0 Å². The maximum atomic E-state index is 14.4. The number of ether oxygens (including phenoxy) is 5. The number of nitrogen functional groups attached to an aromatic ring is 1. The lowest BCUT2D eigenvalue weighted by molar-refractivity contribution is -0.280. The van der Waals surface area contributed by atoms with Crippen molar-refractivity contribution in [1.29, 1.82) is 0 Å². The molecule has 3 aliphatic rings. The van der Waals surface area contributed by atoms with E-state index in [1.54, 1.807) is 82.7 Å². The average molecular weight is 828 g/mol. The number of Topliss-reactive ketones (excluding diaryl/α,β-unsaturated/α-hetero) is 2. The van der Waals surface area contributed by atoms with E-state index >= 15 is 0 Å². The van der Waals surface area contributed by atoms with Gasteiger partial charge in [-0.25, -0.2) is 9.78 Å². The number of cyclic esters (lactones) is 1. The summed E-state index contributed by atoms with van der Waals surface area (Å²) in [6.07, 6.45) is -1.85. The second kappa shape index (κ2) is 19.7. The van der Waals surface area contributed by atoms with Crippen LogP contribution in [0.5, 0.6) is 0 Å². The van der Waals surface area contributed by atoms with Crippen LogP contribution in [0.1, 0.15) is 86.5 Å². The third-order valence-electron chi connectivity index (χ3n) is 12.0. The number of nitrogens with two attached hydrogens (primary N) is 1. The fraction of sp³-hybridized carbons (Fsp3) is 0.707. The van der Waals surface area contributed by atoms with Gasteiger partial charge in [0.1, 0.15) is 48.3 Å². The van der Waals surface area contributed by atoms with E-state index < -0.39 is 96.4 Å². The first-order chi connectivity index (χ1) is 27.9. The van der Waals surface area contributed by atoms with Crippen LogP contribution in [0.2, 0.25) is 0 Å². The molecular formula is C41H61N7O11. The number of aromatic nitrogens is 4. The summed E-state index contributed by atoms with van der Waals surface area (Å²) in [5.74, 6) is -3.61. The number of aliphatic hydroxyl groups is 1. The Balaban J connectivity index is 1.33. The standard InChI is InChI=1S/C41H61N7O11/c1-9-33-41(6)38(48(40(54)59-41)18-11-10-17-47-21-29(44-45-47)28-13-12-14-34(42)43-28)25(4)36(52)23(2)15-16-32(24(3)31(50)20-35(51)58-33)57-39-37(53)30(46(7)8)19-27(56-39)22-55-26(5)49/h12-14,21,23-25,27,30,32-33,37-39,53H,9-11,15-20,22H2,1-8H3,(H2,42,43)/t23-,24+,25+,27?,30?,32+,33?,37?,38?,39?,41-/m1/s1. The average Bonchev–Trinajstić information content (AvgIpc) is 3.77. The number of aryl methyl sites for hydroxylation is 1. The second-order valence-electron chi connectivity index (χ2n) is 16.6. The predicted molar refractivity (Wildman–Crippen MR) is 212 cm³/mol. The van der Waals surface area contributed by atoms with Gasteiger partial charge in [0, 0.05) is 43.8 Å². The van der Waals surface area contributed by atoms with Crippen LogP contribution in [0.4, 0.5) is 10.6 Å². The zero-order chi connectivity index (χ0) is 43.2. The van der Waals surface area contributed by atoms with E-state index in [9.17, 15) is 29.1 Å². The molecule has 6 unspecified atom stereocenters. The molecule has 3 N–H and O–H groups in total. The number of anilines is 1. The first-order valence-electron chi connectivity index (χ1n) is 20.6. The zero-order valence-corrected chi connectivity index (χ0v) is 35.4. The zero-order valence-electron chi connectivity index (χ0n) is 35.4. The Morgan fingerprint density at radius 1 is 1.07 bits per heavy atom. The van der Waals surface area contributed by atoms with Gasteiger partial charge in [0.25, 0.3) is 0 Å². The van der Waals surface area contributed by atoms with Crippen molar-refractivity contribution < 1.29 is 52.8 Å². The van der Waals surface area contributed by atoms with Gasteiger partial charge in [-0.2, -0.15) is 0 Å². The quantitative estimate of drug-likeness (QED) is 0.136. The molecule has 0 bridgehead atoms. The third kappa shape index (κ3) is 10.8. The minimum absolute atomic E-state index is 0.0474. The summed E-state index contributed by atoms with van der Waals surface area (Å²) in [5, 5.41) is 19.8. The van der Waals surface area contributed by atoms with Crippen LogP contribution in [-0.2, 0) is 49.4 Å². The van der Waals surface area contributed by atoms with E-state index in [1.807, 2.05) is 4.90 Å². The number of carbonyl (C=O) groups is 5. The maximum absolute atomic E-state index is 14.4. The van der Waals surface area contributed by atoms with Gasteiger partial charge in [0.2, 0.25) is 0 Å². The fourth-order valence-corrected chi connectivity index (χ4v) is 8.61. The molecule has 2 aromatic heterocycles. The van der Waals surface area contributed by atoms with Crippen molar-refractivity contribution in [3.8, 4) is 11.4 Å². The van der Waals surface area contributed by atoms with E-state index in [2.05, 4.69) is 15.3 Å². The summed E-state index contributed by atoms with van der Waals surface area (Å²) in [6, 6.07) is 4.07. The Kier molecular flexibility index (Phi) is 15.2. The van der Waals surface area contributed by atoms with Crippen LogP contribution >= 0.6 is 0 Å². The van der Waals surface area contributed by atoms with Gasteiger partial charge in [-0.15, -0.1) is 5.10 Å². The highest BCUT2D eigenvalue weighted by molar-refractivity contribution is 5.97. The lowest BCUT2D eigenvalue weighted by Gasteiger charge is -2.43. The van der Waals surface area contributed by atoms with Crippen LogP contribution in [0, 0.1) is 17.8 Å². The number of carbonyl (C=O) groups excluding carboxylic acids is 5. The lowest BCUT2D eigenvalue weighted by Crippen LogP contribution is -2.57. The topological polar surface area (TPSA) is 228 Å². The number of pyridine rings is 1. The number of unbranched alkanes of at least 4 members (excludes halogenated alkanes) is 1. The van der Waals surface area contributed by atoms with Crippen molar-refractivity contribution in [3.05, 3.63) is 24.4 Å². The molecule has 18 nitrogen and oxygen atoms in total. The highest BCUT2D eigenvalue weighted by Gasteiger charge is 2.59. The highest BCUT2D eigenvalue weighted by atomic mass is 16.7. The minimum atomic E-state index is -1.40. The Bertz CT molecular complexity index is 1810. The van der Waals surface area contributed by atoms with Crippen LogP contribution in [0.25, 0.3) is 11.4 Å². The van der Waals surface area contributed by atoms with Gasteiger partial charge in [-0.3, -0.25) is 23.9 Å². The summed E-state index contributed by atoms with van der Waals surface area (Å²) in [6.45, 7) is 10.7. The molecule has 5 rings (SSSR count). The maximum Gasteiger partial charge on any atom is 0.410 e. The molecule has 0 radical (unpaired) electrons. The van der Waals surface area contributed by atoms with Gasteiger partial charge in [-0.05, 0) is 71.7 Å². The van der Waals surface area contributed by atoms with E-state index in [4.69, 9.17) is 29.4 Å². The normalized spacial score (nSPS) is 32.3. The molecule has 5 heterocycles. The molecule has 18 heteroatoms. The monoisotopic (exact) mass is 827 g/mol. The lowest BCUT2D eigenvalue weighted by atomic mass is 9.76. The predicted octanol–water partition coefficient (Wildman–Crippen LogP) is 3.19. The van der Waals surface area contributed by atoms with E-state index in [-0.39, 0.29) is 31.8 Å². The van der Waals surface area contributed by atoms with Crippen molar-refractivity contribution >= 4 is 35.4 Å². The number of rotatable bonds is 12. The van der Waals surface area contributed by atoms with Gasteiger partial charge >= 0.3 is 18.0 Å². The Labute approximate surface area is 345 Å². The molecule has 0 aromatic carbocycles. The molecule has 1 amide bonds. The van der Waals surface area contributed by atoms with Crippen LogP contribution < -0.4 is 5.73 Å². The molecule has 3 aliphatic heterocycles. The number of ketones is 2. The number of nitrogens with zero attached hydrogens (tertiary/aromatic N) is 6. The van der Waals surface area contributed by atoms with E-state index in [1.165, 1.54) is 6.92 Å². The Morgan fingerprint density at radius 3 is 2.47 bits per heavy atom. The van der Waals surface area contributed by atoms with Crippen molar-refractivity contribution in [2.24, 2.45) is 17.8 Å². The first kappa shape index (κ1) is 45.6. The van der Waals surface area contributed by atoms with Gasteiger partial charge in [-0.1, -0.05) is 39.0 Å². The summed E-state index contributed by atoms with van der Waals surface area (Å²) >= 11 is 0. The van der Waals surface area contributed by atoms with Crippen LogP contribution in [0.15, 0.2) is 24.4 Å². The smallest absolute Gasteiger partial charge is 0.410 e. The summed E-state index contributed by atoms with van der Waals surface area (Å²) in [7, 11) is 3.61. The Morgan fingerprint density at radius 2 is 1.80 bits per heavy atom. The number of amides is 1. The third-order valence-corrected chi connectivity index (χ3v) is 12.0. The molecule has 0 aliphatic carbocycles. The molecule has 0 saturated carbocycles. The SMILES string of the molecule is CCC1OC(=O)CC(=O)[C@H](C)[C@@H](OC2OC(COC(C)=O)CC(N(C)C)C2O)CC[C@@H](C)C(=O)[C@H](C)C2N(CCCCn3cc(-c4cccc(N)n4)nn3)C(=O)O[C@]12C. The summed E-state index contributed by atoms with van der Waals surface area (Å²) < 4.78 is 31.4. The number of fused-ring (bicyclic) bond motifs is 1. The Hall–Kier alpha value is -4.52. The minimum Gasteiger partial charge on any atom is -0.463 e.